The lowest BCUT2D eigenvalue weighted by molar-refractivity contribution is 0.0585. The molecule has 0 aliphatic rings. The maximum atomic E-state index is 12.7. The molecule has 0 spiro atoms. The Labute approximate surface area is 102 Å². The molecule has 0 aliphatic carbocycles. The number of benzene rings is 1. The van der Waals surface area contributed by atoms with Crippen molar-refractivity contribution in [2.24, 2.45) is 5.73 Å². The van der Waals surface area contributed by atoms with Gasteiger partial charge in [0.1, 0.15) is 5.82 Å². The molecule has 0 aliphatic heterocycles. The van der Waals surface area contributed by atoms with E-state index in [1.807, 2.05) is 11.9 Å². The summed E-state index contributed by atoms with van der Waals surface area (Å²) in [6.45, 7) is 2.82. The van der Waals surface area contributed by atoms with E-state index in [2.05, 4.69) is 0 Å². The van der Waals surface area contributed by atoms with Crippen LogP contribution < -0.4 is 10.6 Å². The highest BCUT2D eigenvalue weighted by molar-refractivity contribution is 5.45. The summed E-state index contributed by atoms with van der Waals surface area (Å²) in [5.41, 5.74) is 5.63. The zero-order valence-corrected chi connectivity index (χ0v) is 10.5. The largest absolute Gasteiger partial charge is 0.389 e. The van der Waals surface area contributed by atoms with Crippen molar-refractivity contribution in [3.05, 3.63) is 30.1 Å². The fourth-order valence-electron chi connectivity index (χ4n) is 1.62. The van der Waals surface area contributed by atoms with Crippen LogP contribution in [0.2, 0.25) is 0 Å². The van der Waals surface area contributed by atoms with Gasteiger partial charge in [-0.15, -0.1) is 0 Å². The first-order valence-corrected chi connectivity index (χ1v) is 5.84. The van der Waals surface area contributed by atoms with E-state index in [1.54, 1.807) is 19.1 Å². The number of hydrogen-bond acceptors (Lipinski definition) is 3. The summed E-state index contributed by atoms with van der Waals surface area (Å²) in [5, 5.41) is 9.75. The quantitative estimate of drug-likeness (QED) is 0.796. The summed E-state index contributed by atoms with van der Waals surface area (Å²) < 4.78 is 12.7. The average molecular weight is 240 g/mol. The molecule has 1 rings (SSSR count). The minimum atomic E-state index is -0.788. The van der Waals surface area contributed by atoms with E-state index in [-0.39, 0.29) is 12.4 Å². The van der Waals surface area contributed by atoms with E-state index in [9.17, 15) is 9.50 Å². The van der Waals surface area contributed by atoms with E-state index < -0.39 is 5.60 Å². The van der Waals surface area contributed by atoms with Crippen LogP contribution in [0.3, 0.4) is 0 Å². The van der Waals surface area contributed by atoms with Crippen molar-refractivity contribution in [3.8, 4) is 0 Å². The standard InChI is InChI=1S/C13H21FN2O/c1-13(17,10-15)8-3-9-16(2)12-6-4-11(14)5-7-12/h4-7,17H,3,8-10,15H2,1-2H3. The van der Waals surface area contributed by atoms with Crippen LogP contribution in [-0.2, 0) is 0 Å². The first-order valence-electron chi connectivity index (χ1n) is 5.84. The zero-order chi connectivity index (χ0) is 12.9. The summed E-state index contributed by atoms with van der Waals surface area (Å²) >= 11 is 0. The van der Waals surface area contributed by atoms with Crippen molar-refractivity contribution in [2.45, 2.75) is 25.4 Å². The Morgan fingerprint density at radius 2 is 1.94 bits per heavy atom. The van der Waals surface area contributed by atoms with Gasteiger partial charge in [-0.1, -0.05) is 0 Å². The third-order valence-electron chi connectivity index (χ3n) is 2.92. The fourth-order valence-corrected chi connectivity index (χ4v) is 1.62. The Balaban J connectivity index is 2.40. The molecule has 4 heteroatoms. The predicted molar refractivity (Wildman–Crippen MR) is 68.6 cm³/mol. The van der Waals surface area contributed by atoms with Gasteiger partial charge in [0, 0.05) is 25.8 Å². The molecule has 3 nitrogen and oxygen atoms in total. The van der Waals surface area contributed by atoms with Gasteiger partial charge in [-0.05, 0) is 44.0 Å². The van der Waals surface area contributed by atoms with E-state index >= 15 is 0 Å². The van der Waals surface area contributed by atoms with Crippen LogP contribution in [-0.4, -0.2) is 30.8 Å². The van der Waals surface area contributed by atoms with Crippen LogP contribution in [0.25, 0.3) is 0 Å². The molecule has 17 heavy (non-hydrogen) atoms. The number of halogens is 1. The molecule has 0 radical (unpaired) electrons. The molecule has 1 unspecified atom stereocenters. The molecule has 0 bridgehead atoms. The smallest absolute Gasteiger partial charge is 0.123 e. The summed E-state index contributed by atoms with van der Waals surface area (Å²) in [6.07, 6.45) is 1.51. The number of anilines is 1. The van der Waals surface area contributed by atoms with Gasteiger partial charge in [0.15, 0.2) is 0 Å². The Morgan fingerprint density at radius 1 is 1.35 bits per heavy atom. The Morgan fingerprint density at radius 3 is 2.47 bits per heavy atom. The Kier molecular flexibility index (Phi) is 4.90. The van der Waals surface area contributed by atoms with E-state index in [4.69, 9.17) is 5.73 Å². The van der Waals surface area contributed by atoms with Gasteiger partial charge in [-0.2, -0.15) is 0 Å². The maximum absolute atomic E-state index is 12.7. The van der Waals surface area contributed by atoms with Gasteiger partial charge in [0.25, 0.3) is 0 Å². The second kappa shape index (κ2) is 5.98. The van der Waals surface area contributed by atoms with Crippen molar-refractivity contribution < 1.29 is 9.50 Å². The minimum absolute atomic E-state index is 0.229. The molecule has 1 atom stereocenters. The molecule has 0 heterocycles. The van der Waals surface area contributed by atoms with Gasteiger partial charge in [-0.25, -0.2) is 4.39 Å². The number of nitrogens with zero attached hydrogens (tertiary/aromatic N) is 1. The average Bonchev–Trinajstić information content (AvgIpc) is 2.29. The van der Waals surface area contributed by atoms with Gasteiger partial charge >= 0.3 is 0 Å². The number of nitrogens with two attached hydrogens (primary N) is 1. The normalized spacial score (nSPS) is 14.4. The predicted octanol–water partition coefficient (Wildman–Crippen LogP) is 1.75. The topological polar surface area (TPSA) is 49.5 Å². The molecule has 0 fully saturated rings. The minimum Gasteiger partial charge on any atom is -0.389 e. The molecule has 1 aromatic carbocycles. The van der Waals surface area contributed by atoms with Crippen molar-refractivity contribution in [1.29, 1.82) is 0 Å². The van der Waals surface area contributed by atoms with Gasteiger partial charge in [-0.3, -0.25) is 0 Å². The molecule has 0 aromatic heterocycles. The van der Waals surface area contributed by atoms with Crippen molar-refractivity contribution >= 4 is 5.69 Å². The lowest BCUT2D eigenvalue weighted by Gasteiger charge is -2.24. The SMILES string of the molecule is CN(CCCC(C)(O)CN)c1ccc(F)cc1. The molecule has 96 valence electrons. The highest BCUT2D eigenvalue weighted by Crippen LogP contribution is 2.15. The highest BCUT2D eigenvalue weighted by atomic mass is 19.1. The van der Waals surface area contributed by atoms with Crippen LogP contribution in [0.5, 0.6) is 0 Å². The van der Waals surface area contributed by atoms with Gasteiger partial charge < -0.3 is 15.7 Å². The number of rotatable bonds is 6. The van der Waals surface area contributed by atoms with Crippen LogP contribution in [0.4, 0.5) is 10.1 Å². The highest BCUT2D eigenvalue weighted by Gasteiger charge is 2.17. The molecule has 0 saturated heterocycles. The van der Waals surface area contributed by atoms with Crippen LogP contribution >= 0.6 is 0 Å². The summed E-state index contributed by atoms with van der Waals surface area (Å²) in [7, 11) is 1.95. The third-order valence-corrected chi connectivity index (χ3v) is 2.92. The molecular weight excluding hydrogens is 219 g/mol. The zero-order valence-electron chi connectivity index (χ0n) is 10.5. The molecular formula is C13H21FN2O. The molecule has 3 N–H and O–H groups in total. The van der Waals surface area contributed by atoms with Gasteiger partial charge in [0.2, 0.25) is 0 Å². The molecule has 1 aromatic rings. The number of aliphatic hydroxyl groups is 1. The van der Waals surface area contributed by atoms with E-state index in [1.165, 1.54) is 12.1 Å². The van der Waals surface area contributed by atoms with Crippen molar-refractivity contribution in [3.63, 3.8) is 0 Å². The monoisotopic (exact) mass is 240 g/mol. The lowest BCUT2D eigenvalue weighted by atomic mass is 10.0. The summed E-state index contributed by atoms with van der Waals surface area (Å²) in [4.78, 5) is 2.03. The maximum Gasteiger partial charge on any atom is 0.123 e. The van der Waals surface area contributed by atoms with Gasteiger partial charge in [0.05, 0.1) is 5.60 Å². The number of hydrogen-bond donors (Lipinski definition) is 2. The van der Waals surface area contributed by atoms with Crippen LogP contribution in [0, 0.1) is 5.82 Å². The molecule has 0 saturated carbocycles. The second-order valence-electron chi connectivity index (χ2n) is 4.70. The van der Waals surface area contributed by atoms with Crippen LogP contribution in [0.15, 0.2) is 24.3 Å². The Hall–Kier alpha value is -1.13. The first-order chi connectivity index (χ1) is 7.94. The third kappa shape index (κ3) is 4.71. The van der Waals surface area contributed by atoms with E-state index in [0.717, 1.165) is 18.7 Å². The first kappa shape index (κ1) is 13.9. The lowest BCUT2D eigenvalue weighted by Crippen LogP contribution is -2.35. The Bertz CT molecular complexity index is 338. The molecule has 0 amide bonds. The summed E-state index contributed by atoms with van der Waals surface area (Å²) in [6, 6.07) is 6.39. The van der Waals surface area contributed by atoms with E-state index in [0.29, 0.717) is 6.42 Å². The van der Waals surface area contributed by atoms with Crippen molar-refractivity contribution in [1.82, 2.24) is 0 Å². The fraction of sp³-hybridized carbons (Fsp3) is 0.538. The second-order valence-corrected chi connectivity index (χ2v) is 4.70. The van der Waals surface area contributed by atoms with Crippen LogP contribution in [0.1, 0.15) is 19.8 Å². The summed E-state index contributed by atoms with van der Waals surface area (Å²) in [5.74, 6) is -0.229. The van der Waals surface area contributed by atoms with Crippen molar-refractivity contribution in [2.75, 3.05) is 25.0 Å².